The Bertz CT molecular complexity index is 1340. The van der Waals surface area contributed by atoms with Crippen molar-refractivity contribution in [1.29, 1.82) is 0 Å². The number of nitrogens with one attached hydrogen (secondary N) is 1. The van der Waals surface area contributed by atoms with Gasteiger partial charge in [0.25, 0.3) is 0 Å². The Morgan fingerprint density at radius 3 is 2.66 bits per heavy atom. The topological polar surface area (TPSA) is 46.7 Å². The number of nitrogens with zero attached hydrogens (tertiary/aromatic N) is 1. The van der Waals surface area contributed by atoms with Crippen molar-refractivity contribution in [2.45, 2.75) is 24.9 Å². The summed E-state index contributed by atoms with van der Waals surface area (Å²) in [6, 6.07) is 22.1. The summed E-state index contributed by atoms with van der Waals surface area (Å²) in [4.78, 5) is 6.43. The first-order valence-corrected chi connectivity index (χ1v) is 11.2. The van der Waals surface area contributed by atoms with Crippen LogP contribution in [0.5, 0.6) is 17.2 Å². The van der Waals surface area contributed by atoms with Crippen molar-refractivity contribution in [3.05, 3.63) is 88.6 Å². The summed E-state index contributed by atoms with van der Waals surface area (Å²) >= 11 is 0. The van der Waals surface area contributed by atoms with Crippen LogP contribution in [-0.2, 0) is 12.8 Å². The van der Waals surface area contributed by atoms with E-state index in [1.807, 2.05) is 0 Å². The lowest BCUT2D eigenvalue weighted by atomic mass is 9.80. The van der Waals surface area contributed by atoms with Crippen LogP contribution in [0.25, 0.3) is 10.9 Å². The lowest BCUT2D eigenvalue weighted by molar-refractivity contribution is 0.127. The molecule has 0 bridgehead atoms. The van der Waals surface area contributed by atoms with E-state index in [1.165, 1.54) is 38.9 Å². The Labute approximate surface area is 186 Å². The molecule has 0 amide bonds. The Hall–Kier alpha value is -3.44. The third-order valence-electron chi connectivity index (χ3n) is 7.31. The van der Waals surface area contributed by atoms with Gasteiger partial charge in [-0.2, -0.15) is 0 Å². The normalized spacial score (nSPS) is 21.2. The van der Waals surface area contributed by atoms with E-state index in [1.54, 1.807) is 7.11 Å². The number of rotatable bonds is 2. The van der Waals surface area contributed by atoms with Crippen LogP contribution >= 0.6 is 0 Å². The van der Waals surface area contributed by atoms with Crippen LogP contribution in [0.2, 0.25) is 0 Å². The molecule has 0 radical (unpaired) electrons. The fourth-order valence-corrected chi connectivity index (χ4v) is 5.82. The van der Waals surface area contributed by atoms with E-state index in [0.717, 1.165) is 36.6 Å². The van der Waals surface area contributed by atoms with Gasteiger partial charge in [0.2, 0.25) is 6.79 Å². The highest BCUT2D eigenvalue weighted by atomic mass is 16.7. The number of ether oxygens (including phenoxy) is 3. The van der Waals surface area contributed by atoms with E-state index in [9.17, 15) is 0 Å². The fourth-order valence-electron chi connectivity index (χ4n) is 5.82. The summed E-state index contributed by atoms with van der Waals surface area (Å²) in [5.74, 6) is 2.64. The molecule has 4 heterocycles. The number of methoxy groups -OCH3 is 1. The van der Waals surface area contributed by atoms with Crippen molar-refractivity contribution in [3.8, 4) is 17.2 Å². The number of fused-ring (bicyclic) bond motifs is 7. The van der Waals surface area contributed by atoms with Crippen LogP contribution in [0.15, 0.2) is 60.7 Å². The third kappa shape index (κ3) is 2.55. The molecule has 160 valence electrons. The predicted molar refractivity (Wildman–Crippen MR) is 123 cm³/mol. The van der Waals surface area contributed by atoms with E-state index in [4.69, 9.17) is 14.2 Å². The second-order valence-electron chi connectivity index (χ2n) is 8.85. The standard InChI is InChI=1S/C27H24N2O3/c1-30-18-8-6-16(7-9-18)27-26-21(19-4-2-3-5-22(19)28-26)13-23-20-14-25-24(31-15-32-25)12-17(20)10-11-29(23)27/h2-9,12,14,23,27-28H,10-11,13,15H2,1H3. The SMILES string of the molecule is COc1ccc(C2c3[nH]c4ccccc4c3CC3c4cc5c(cc4CCN32)OCO5)cc1. The van der Waals surface area contributed by atoms with Crippen LogP contribution < -0.4 is 14.2 Å². The highest BCUT2D eigenvalue weighted by Crippen LogP contribution is 2.50. The van der Waals surface area contributed by atoms with Crippen LogP contribution in [0, 0.1) is 0 Å². The van der Waals surface area contributed by atoms with Crippen molar-refractivity contribution in [2.24, 2.45) is 0 Å². The van der Waals surface area contributed by atoms with Crippen LogP contribution in [0.4, 0.5) is 0 Å². The van der Waals surface area contributed by atoms with E-state index < -0.39 is 0 Å². The zero-order valence-corrected chi connectivity index (χ0v) is 17.9. The maximum atomic E-state index is 5.75. The largest absolute Gasteiger partial charge is 0.497 e. The first-order chi connectivity index (χ1) is 15.8. The molecule has 5 heteroatoms. The molecule has 3 aliphatic rings. The zero-order chi connectivity index (χ0) is 21.2. The van der Waals surface area contributed by atoms with Gasteiger partial charge in [0, 0.05) is 29.2 Å². The van der Waals surface area contributed by atoms with Gasteiger partial charge in [-0.15, -0.1) is 0 Å². The van der Waals surface area contributed by atoms with Crippen molar-refractivity contribution in [3.63, 3.8) is 0 Å². The number of H-pyrrole nitrogens is 1. The maximum Gasteiger partial charge on any atom is 0.231 e. The first kappa shape index (κ1) is 18.2. The first-order valence-electron chi connectivity index (χ1n) is 11.2. The predicted octanol–water partition coefficient (Wildman–Crippen LogP) is 5.15. The summed E-state index contributed by atoms with van der Waals surface area (Å²) < 4.78 is 16.8. The van der Waals surface area contributed by atoms with Crippen LogP contribution in [0.1, 0.15) is 40.0 Å². The average molecular weight is 425 g/mol. The molecule has 0 fully saturated rings. The molecule has 0 saturated carbocycles. The van der Waals surface area contributed by atoms with E-state index in [0.29, 0.717) is 12.8 Å². The summed E-state index contributed by atoms with van der Waals surface area (Å²) in [5.41, 5.74) is 7.99. The van der Waals surface area contributed by atoms with Gasteiger partial charge in [0.15, 0.2) is 11.5 Å². The molecular weight excluding hydrogens is 400 g/mol. The minimum absolute atomic E-state index is 0.167. The van der Waals surface area contributed by atoms with E-state index in [2.05, 4.69) is 70.5 Å². The number of benzene rings is 3. The van der Waals surface area contributed by atoms with Gasteiger partial charge >= 0.3 is 0 Å². The van der Waals surface area contributed by atoms with Gasteiger partial charge in [0.05, 0.1) is 13.2 Å². The van der Waals surface area contributed by atoms with Crippen molar-refractivity contribution < 1.29 is 14.2 Å². The highest BCUT2D eigenvalue weighted by Gasteiger charge is 2.41. The van der Waals surface area contributed by atoms with Gasteiger partial charge in [-0.3, -0.25) is 4.90 Å². The number of para-hydroxylation sites is 1. The number of hydrogen-bond donors (Lipinski definition) is 1. The lowest BCUT2D eigenvalue weighted by Gasteiger charge is -2.46. The van der Waals surface area contributed by atoms with Crippen LogP contribution in [-0.4, -0.2) is 30.3 Å². The molecule has 1 N–H and O–H groups in total. The molecule has 4 aromatic rings. The molecule has 0 aliphatic carbocycles. The molecule has 2 atom stereocenters. The quantitative estimate of drug-likeness (QED) is 0.483. The monoisotopic (exact) mass is 424 g/mol. The van der Waals surface area contributed by atoms with Crippen LogP contribution in [0.3, 0.4) is 0 Å². The Morgan fingerprint density at radius 1 is 1.00 bits per heavy atom. The smallest absolute Gasteiger partial charge is 0.231 e. The van der Waals surface area contributed by atoms with E-state index >= 15 is 0 Å². The fraction of sp³-hybridized carbons (Fsp3) is 0.259. The number of aromatic nitrogens is 1. The van der Waals surface area contributed by atoms with E-state index in [-0.39, 0.29) is 6.04 Å². The Kier molecular flexibility index (Phi) is 3.85. The summed E-state index contributed by atoms with van der Waals surface area (Å²) in [6.45, 7) is 1.32. The van der Waals surface area contributed by atoms with Gasteiger partial charge < -0.3 is 19.2 Å². The second kappa shape index (κ2) is 6.78. The molecule has 2 unspecified atom stereocenters. The Morgan fingerprint density at radius 2 is 1.81 bits per heavy atom. The average Bonchev–Trinajstić information content (AvgIpc) is 3.45. The highest BCUT2D eigenvalue weighted by molar-refractivity contribution is 5.85. The number of aromatic amines is 1. The van der Waals surface area contributed by atoms with Gasteiger partial charge in [-0.05, 0) is 65.4 Å². The zero-order valence-electron chi connectivity index (χ0n) is 17.9. The molecular formula is C27H24N2O3. The summed E-state index contributed by atoms with van der Waals surface area (Å²) in [7, 11) is 1.72. The minimum atomic E-state index is 0.167. The maximum absolute atomic E-state index is 5.75. The van der Waals surface area contributed by atoms with Gasteiger partial charge in [-0.1, -0.05) is 30.3 Å². The summed E-state index contributed by atoms with van der Waals surface area (Å²) in [5, 5.41) is 1.33. The third-order valence-corrected chi connectivity index (χ3v) is 7.31. The molecule has 7 rings (SSSR count). The lowest BCUT2D eigenvalue weighted by Crippen LogP contribution is -2.43. The van der Waals surface area contributed by atoms with Gasteiger partial charge in [0.1, 0.15) is 5.75 Å². The molecule has 5 nitrogen and oxygen atoms in total. The van der Waals surface area contributed by atoms with Crippen molar-refractivity contribution in [1.82, 2.24) is 9.88 Å². The molecule has 1 aromatic heterocycles. The summed E-state index contributed by atoms with van der Waals surface area (Å²) in [6.07, 6.45) is 1.99. The number of hydrogen-bond acceptors (Lipinski definition) is 4. The molecule has 0 spiro atoms. The van der Waals surface area contributed by atoms with Crippen molar-refractivity contribution >= 4 is 10.9 Å². The van der Waals surface area contributed by atoms with Crippen molar-refractivity contribution in [2.75, 3.05) is 20.4 Å². The molecule has 32 heavy (non-hydrogen) atoms. The molecule has 3 aromatic carbocycles. The minimum Gasteiger partial charge on any atom is -0.497 e. The second-order valence-corrected chi connectivity index (χ2v) is 8.85. The Balaban J connectivity index is 1.43. The molecule has 0 saturated heterocycles. The van der Waals surface area contributed by atoms with Gasteiger partial charge in [-0.25, -0.2) is 0 Å². The molecule has 3 aliphatic heterocycles.